The number of nitrogens with one attached hydrogen (secondary N) is 1. The summed E-state index contributed by atoms with van der Waals surface area (Å²) in [6, 6.07) is 14.4. The van der Waals surface area contributed by atoms with Gasteiger partial charge in [-0.25, -0.2) is 9.37 Å². The topological polar surface area (TPSA) is 79.3 Å². The van der Waals surface area contributed by atoms with Crippen LogP contribution in [0.15, 0.2) is 60.7 Å². The van der Waals surface area contributed by atoms with Crippen LogP contribution in [0.4, 0.5) is 28.4 Å². The van der Waals surface area contributed by atoms with Crippen LogP contribution in [0.25, 0.3) is 21.3 Å². The zero-order valence-corrected chi connectivity index (χ0v) is 20.0. The SMILES string of the molecule is O=C(O)[C@@H]1CCC[C@H]1C(=O)c1ccc(-c2ccc(Nc3nc4ccc(C(F)(F)F)cc4s3)c(F)c2)cc1. The van der Waals surface area contributed by atoms with Gasteiger partial charge in [-0.05, 0) is 54.3 Å². The Bertz CT molecular complexity index is 1500. The molecule has 0 bridgehead atoms. The van der Waals surface area contributed by atoms with Gasteiger partial charge in [0.05, 0.1) is 27.4 Å². The van der Waals surface area contributed by atoms with Crippen molar-refractivity contribution >= 4 is 44.1 Å². The fourth-order valence-corrected chi connectivity index (χ4v) is 5.59. The molecule has 3 aromatic carbocycles. The molecule has 0 saturated heterocycles. The number of ketones is 1. The van der Waals surface area contributed by atoms with Gasteiger partial charge in [0.15, 0.2) is 10.9 Å². The lowest BCUT2D eigenvalue weighted by Crippen LogP contribution is -2.25. The largest absolute Gasteiger partial charge is 0.481 e. The van der Waals surface area contributed by atoms with Gasteiger partial charge >= 0.3 is 12.1 Å². The van der Waals surface area contributed by atoms with Gasteiger partial charge in [-0.1, -0.05) is 48.1 Å². The fourth-order valence-electron chi connectivity index (χ4n) is 4.68. The van der Waals surface area contributed by atoms with E-state index in [1.54, 1.807) is 30.3 Å². The Kier molecular flexibility index (Phi) is 6.45. The molecule has 1 aliphatic carbocycles. The maximum Gasteiger partial charge on any atom is 0.416 e. The second-order valence-electron chi connectivity index (χ2n) is 8.94. The van der Waals surface area contributed by atoms with Gasteiger partial charge in [-0.2, -0.15) is 13.2 Å². The van der Waals surface area contributed by atoms with Crippen molar-refractivity contribution in [2.75, 3.05) is 5.32 Å². The third-order valence-corrected chi connectivity index (χ3v) is 7.53. The standard InChI is InChI=1S/C27H20F4N2O3S/c28-20-12-16(14-4-6-15(7-5-14)24(34)18-2-1-3-19(18)25(35)36)8-10-21(20)32-26-33-22-11-9-17(27(29,30)31)13-23(22)37-26/h4-13,18-19H,1-3H2,(H,32,33)(H,35,36)/t18-,19-/m1/s1. The lowest BCUT2D eigenvalue weighted by atomic mass is 9.88. The highest BCUT2D eigenvalue weighted by atomic mass is 32.1. The molecule has 1 aliphatic rings. The molecule has 10 heteroatoms. The normalized spacial score (nSPS) is 17.7. The molecule has 1 heterocycles. The number of nitrogens with zero attached hydrogens (tertiary/aromatic N) is 1. The number of aromatic nitrogens is 1. The van der Waals surface area contributed by atoms with Crippen LogP contribution in [0.3, 0.4) is 0 Å². The van der Waals surface area contributed by atoms with Crippen molar-refractivity contribution in [2.24, 2.45) is 11.8 Å². The van der Waals surface area contributed by atoms with Crippen molar-refractivity contribution in [1.29, 1.82) is 0 Å². The van der Waals surface area contributed by atoms with Crippen molar-refractivity contribution in [3.8, 4) is 11.1 Å². The third-order valence-electron chi connectivity index (χ3n) is 6.60. The number of hydrogen-bond acceptors (Lipinski definition) is 5. The van der Waals surface area contributed by atoms with E-state index in [0.717, 1.165) is 23.5 Å². The van der Waals surface area contributed by atoms with Crippen molar-refractivity contribution in [3.63, 3.8) is 0 Å². The van der Waals surface area contributed by atoms with E-state index in [4.69, 9.17) is 0 Å². The smallest absolute Gasteiger partial charge is 0.416 e. The van der Waals surface area contributed by atoms with Gasteiger partial charge in [0.2, 0.25) is 0 Å². The van der Waals surface area contributed by atoms with E-state index in [0.29, 0.717) is 46.2 Å². The van der Waals surface area contributed by atoms with Crippen LogP contribution >= 0.6 is 11.3 Å². The van der Waals surface area contributed by atoms with Crippen LogP contribution in [-0.4, -0.2) is 21.8 Å². The van der Waals surface area contributed by atoms with Crippen LogP contribution < -0.4 is 5.32 Å². The molecule has 2 atom stereocenters. The number of aliphatic carboxylic acids is 1. The van der Waals surface area contributed by atoms with E-state index >= 15 is 0 Å². The first-order valence-electron chi connectivity index (χ1n) is 11.5. The number of hydrogen-bond donors (Lipinski definition) is 2. The van der Waals surface area contributed by atoms with Crippen LogP contribution in [0, 0.1) is 17.7 Å². The van der Waals surface area contributed by atoms with E-state index in [2.05, 4.69) is 10.3 Å². The first-order valence-corrected chi connectivity index (χ1v) is 12.3. The molecule has 1 saturated carbocycles. The summed E-state index contributed by atoms with van der Waals surface area (Å²) in [4.78, 5) is 28.5. The Hall–Kier alpha value is -3.79. The number of fused-ring (bicyclic) bond motifs is 1. The van der Waals surface area contributed by atoms with Crippen molar-refractivity contribution in [3.05, 3.63) is 77.6 Å². The minimum Gasteiger partial charge on any atom is -0.481 e. The molecule has 0 spiro atoms. The molecule has 0 radical (unpaired) electrons. The molecular formula is C27H20F4N2O3S. The van der Waals surface area contributed by atoms with Crippen molar-refractivity contribution in [1.82, 2.24) is 4.98 Å². The fraction of sp³-hybridized carbons (Fsp3) is 0.222. The molecule has 190 valence electrons. The molecule has 5 nitrogen and oxygen atoms in total. The average Bonchev–Trinajstić information content (AvgIpc) is 3.51. The molecule has 4 aromatic rings. The molecule has 5 rings (SSSR count). The number of benzene rings is 3. The summed E-state index contributed by atoms with van der Waals surface area (Å²) in [5, 5.41) is 12.4. The monoisotopic (exact) mass is 528 g/mol. The summed E-state index contributed by atoms with van der Waals surface area (Å²) >= 11 is 0.991. The molecule has 0 unspecified atom stereocenters. The van der Waals surface area contributed by atoms with Gasteiger partial charge < -0.3 is 10.4 Å². The molecule has 0 aliphatic heterocycles. The number of Topliss-reactive ketones (excluding diaryl/α,β-unsaturated/α-hetero) is 1. The molecule has 1 fully saturated rings. The summed E-state index contributed by atoms with van der Waals surface area (Å²) in [6.07, 6.45) is -2.71. The number of rotatable bonds is 6. The van der Waals surface area contributed by atoms with Gasteiger partial charge in [-0.3, -0.25) is 9.59 Å². The number of halogens is 4. The number of carboxylic acids is 1. The Morgan fingerprint density at radius 2 is 1.65 bits per heavy atom. The van der Waals surface area contributed by atoms with Gasteiger partial charge in [0.25, 0.3) is 0 Å². The van der Waals surface area contributed by atoms with Crippen molar-refractivity contribution < 1.29 is 32.3 Å². The quantitative estimate of drug-likeness (QED) is 0.200. The minimum absolute atomic E-state index is 0.117. The number of anilines is 2. The predicted octanol–water partition coefficient (Wildman–Crippen LogP) is 7.55. The van der Waals surface area contributed by atoms with E-state index in [1.807, 2.05) is 0 Å². The first-order chi connectivity index (χ1) is 17.6. The Balaban J connectivity index is 1.32. The van der Waals surface area contributed by atoms with E-state index in [9.17, 15) is 32.3 Å². The molecule has 0 amide bonds. The van der Waals surface area contributed by atoms with E-state index in [1.165, 1.54) is 18.2 Å². The van der Waals surface area contributed by atoms with Crippen molar-refractivity contribution in [2.45, 2.75) is 25.4 Å². The average molecular weight is 529 g/mol. The Morgan fingerprint density at radius 3 is 2.32 bits per heavy atom. The maximum absolute atomic E-state index is 14.9. The van der Waals surface area contributed by atoms with Crippen LogP contribution in [0.5, 0.6) is 0 Å². The Labute approximate surface area is 212 Å². The highest BCUT2D eigenvalue weighted by Crippen LogP contribution is 2.37. The number of thiazole rings is 1. The second-order valence-corrected chi connectivity index (χ2v) is 9.97. The number of alkyl halides is 3. The van der Waals surface area contributed by atoms with Gasteiger partial charge in [0.1, 0.15) is 5.82 Å². The van der Waals surface area contributed by atoms with Crippen LogP contribution in [-0.2, 0) is 11.0 Å². The van der Waals surface area contributed by atoms with E-state index in [-0.39, 0.29) is 16.6 Å². The summed E-state index contributed by atoms with van der Waals surface area (Å²) in [6.45, 7) is 0. The molecule has 37 heavy (non-hydrogen) atoms. The first kappa shape index (κ1) is 24.9. The lowest BCUT2D eigenvalue weighted by Gasteiger charge is -2.15. The van der Waals surface area contributed by atoms with Crippen LogP contribution in [0.1, 0.15) is 35.2 Å². The summed E-state index contributed by atoms with van der Waals surface area (Å²) in [5.41, 5.74) is 1.37. The van der Waals surface area contributed by atoms with Gasteiger partial charge in [-0.15, -0.1) is 0 Å². The van der Waals surface area contributed by atoms with E-state index < -0.39 is 35.4 Å². The van der Waals surface area contributed by atoms with Gasteiger partial charge in [0, 0.05) is 11.5 Å². The molecule has 2 N–H and O–H groups in total. The summed E-state index contributed by atoms with van der Waals surface area (Å²) < 4.78 is 54.1. The number of carboxylic acid groups (broad SMARTS) is 1. The minimum atomic E-state index is -4.46. The maximum atomic E-state index is 14.9. The third kappa shape index (κ3) is 5.06. The zero-order chi connectivity index (χ0) is 26.3. The predicted molar refractivity (Wildman–Crippen MR) is 133 cm³/mol. The number of carbonyl (C=O) groups is 2. The zero-order valence-electron chi connectivity index (χ0n) is 19.2. The second kappa shape index (κ2) is 9.59. The molecule has 1 aromatic heterocycles. The van der Waals surface area contributed by atoms with Crippen LogP contribution in [0.2, 0.25) is 0 Å². The number of carbonyl (C=O) groups excluding carboxylic acids is 1. The Morgan fingerprint density at radius 1 is 0.946 bits per heavy atom. The summed E-state index contributed by atoms with van der Waals surface area (Å²) in [7, 11) is 0. The lowest BCUT2D eigenvalue weighted by molar-refractivity contribution is -0.142. The highest BCUT2D eigenvalue weighted by molar-refractivity contribution is 7.22. The highest BCUT2D eigenvalue weighted by Gasteiger charge is 2.38. The molecular weight excluding hydrogens is 508 g/mol. The summed E-state index contributed by atoms with van der Waals surface area (Å²) in [5.74, 6) is -2.92.